The van der Waals surface area contributed by atoms with E-state index in [9.17, 15) is 17.2 Å². The standard InChI is InChI=1S/C13H18F2N2O2S.ClH/c1-9(16)10-3-2-6-17(8-10)20(18,19)13-7-11(14)4-5-12(13)15;/h4-5,7,9-10H,2-3,6,8,16H2,1H3;1H. The van der Waals surface area contributed by atoms with E-state index in [2.05, 4.69) is 0 Å². The fourth-order valence-corrected chi connectivity index (χ4v) is 4.05. The molecule has 1 aliphatic heterocycles. The maximum Gasteiger partial charge on any atom is 0.246 e. The lowest BCUT2D eigenvalue weighted by Crippen LogP contribution is -2.45. The molecule has 2 atom stereocenters. The molecule has 0 aliphatic carbocycles. The molecule has 120 valence electrons. The summed E-state index contributed by atoms with van der Waals surface area (Å²) in [6, 6.07) is 2.32. The van der Waals surface area contributed by atoms with Crippen molar-refractivity contribution in [1.29, 1.82) is 0 Å². The number of rotatable bonds is 3. The number of hydrogen-bond acceptors (Lipinski definition) is 3. The van der Waals surface area contributed by atoms with Gasteiger partial charge in [0.25, 0.3) is 0 Å². The first kappa shape index (κ1) is 18.3. The third-order valence-electron chi connectivity index (χ3n) is 3.68. The van der Waals surface area contributed by atoms with E-state index in [-0.39, 0.29) is 30.9 Å². The Labute approximate surface area is 129 Å². The van der Waals surface area contributed by atoms with Crippen LogP contribution in [0.1, 0.15) is 19.8 Å². The summed E-state index contributed by atoms with van der Waals surface area (Å²) in [6.45, 7) is 2.38. The van der Waals surface area contributed by atoms with Gasteiger partial charge in [-0.25, -0.2) is 17.2 Å². The van der Waals surface area contributed by atoms with Crippen molar-refractivity contribution < 1.29 is 17.2 Å². The molecule has 2 unspecified atom stereocenters. The lowest BCUT2D eigenvalue weighted by atomic mass is 9.93. The molecule has 0 radical (unpaired) electrons. The first-order valence-corrected chi connectivity index (χ1v) is 7.97. The van der Waals surface area contributed by atoms with Crippen LogP contribution in [-0.2, 0) is 10.0 Å². The molecule has 2 rings (SSSR count). The van der Waals surface area contributed by atoms with Gasteiger partial charge in [0.15, 0.2) is 0 Å². The van der Waals surface area contributed by atoms with Crippen LogP contribution in [0, 0.1) is 17.6 Å². The molecular weight excluding hydrogens is 322 g/mol. The molecule has 1 heterocycles. The molecule has 4 nitrogen and oxygen atoms in total. The number of sulfonamides is 1. The predicted molar refractivity (Wildman–Crippen MR) is 78.7 cm³/mol. The lowest BCUT2D eigenvalue weighted by Gasteiger charge is -2.33. The van der Waals surface area contributed by atoms with Crippen LogP contribution in [-0.4, -0.2) is 31.9 Å². The largest absolute Gasteiger partial charge is 0.328 e. The molecule has 1 saturated heterocycles. The lowest BCUT2D eigenvalue weighted by molar-refractivity contribution is 0.242. The number of hydrogen-bond donors (Lipinski definition) is 1. The molecule has 1 aliphatic rings. The van der Waals surface area contributed by atoms with Crippen LogP contribution in [0.5, 0.6) is 0 Å². The van der Waals surface area contributed by atoms with Gasteiger partial charge in [0.1, 0.15) is 16.5 Å². The molecular formula is C13H19ClF2N2O2S. The number of halogens is 3. The minimum absolute atomic E-state index is 0. The van der Waals surface area contributed by atoms with Crippen LogP contribution in [0.4, 0.5) is 8.78 Å². The molecule has 0 saturated carbocycles. The third-order valence-corrected chi connectivity index (χ3v) is 5.56. The van der Waals surface area contributed by atoms with Crippen LogP contribution in [0.2, 0.25) is 0 Å². The minimum atomic E-state index is -4.02. The van der Waals surface area contributed by atoms with Gasteiger partial charge in [0, 0.05) is 19.1 Å². The second kappa shape index (κ2) is 7.00. The highest BCUT2D eigenvalue weighted by Crippen LogP contribution is 2.26. The Morgan fingerprint density at radius 3 is 2.67 bits per heavy atom. The second-order valence-electron chi connectivity index (χ2n) is 5.20. The van der Waals surface area contributed by atoms with Gasteiger partial charge in [-0.2, -0.15) is 4.31 Å². The van der Waals surface area contributed by atoms with E-state index >= 15 is 0 Å². The fourth-order valence-electron chi connectivity index (χ4n) is 2.44. The van der Waals surface area contributed by atoms with Crippen molar-refractivity contribution in [2.45, 2.75) is 30.7 Å². The zero-order chi connectivity index (χ0) is 14.9. The SMILES string of the molecule is CC(N)C1CCCN(S(=O)(=O)c2cc(F)ccc2F)C1.Cl. The van der Waals surface area contributed by atoms with E-state index in [1.165, 1.54) is 4.31 Å². The first-order chi connectivity index (χ1) is 9.32. The van der Waals surface area contributed by atoms with Crippen LogP contribution in [0.3, 0.4) is 0 Å². The summed E-state index contributed by atoms with van der Waals surface area (Å²) in [5, 5.41) is 0. The summed E-state index contributed by atoms with van der Waals surface area (Å²) < 4.78 is 52.9. The average molecular weight is 341 g/mol. The number of benzene rings is 1. The molecule has 1 aromatic rings. The predicted octanol–water partition coefficient (Wildman–Crippen LogP) is 2.13. The highest BCUT2D eigenvalue weighted by Gasteiger charge is 2.33. The fraction of sp³-hybridized carbons (Fsp3) is 0.538. The van der Waals surface area contributed by atoms with Crippen molar-refractivity contribution in [3.63, 3.8) is 0 Å². The molecule has 0 aromatic heterocycles. The van der Waals surface area contributed by atoms with Crippen molar-refractivity contribution in [2.75, 3.05) is 13.1 Å². The molecule has 1 aromatic carbocycles. The first-order valence-electron chi connectivity index (χ1n) is 6.53. The van der Waals surface area contributed by atoms with Crippen LogP contribution in [0.25, 0.3) is 0 Å². The Kier molecular flexibility index (Phi) is 6.10. The second-order valence-corrected chi connectivity index (χ2v) is 7.11. The molecule has 21 heavy (non-hydrogen) atoms. The Balaban J connectivity index is 0.00000220. The topological polar surface area (TPSA) is 63.4 Å². The van der Waals surface area contributed by atoms with E-state index in [1.807, 2.05) is 6.92 Å². The number of piperidine rings is 1. The normalized spacial score (nSPS) is 21.6. The van der Waals surface area contributed by atoms with Gasteiger partial charge in [-0.05, 0) is 43.9 Å². The summed E-state index contributed by atoms with van der Waals surface area (Å²) in [7, 11) is -4.02. The molecule has 0 spiro atoms. The van der Waals surface area contributed by atoms with Gasteiger partial charge in [-0.1, -0.05) is 0 Å². The maximum atomic E-state index is 13.7. The Morgan fingerprint density at radius 1 is 1.38 bits per heavy atom. The molecule has 0 bridgehead atoms. The summed E-state index contributed by atoms with van der Waals surface area (Å²) in [6.07, 6.45) is 1.51. The Hall–Kier alpha value is -0.760. The van der Waals surface area contributed by atoms with E-state index < -0.39 is 26.6 Å². The smallest absolute Gasteiger partial charge is 0.246 e. The quantitative estimate of drug-likeness (QED) is 0.916. The summed E-state index contributed by atoms with van der Waals surface area (Å²) >= 11 is 0. The molecule has 2 N–H and O–H groups in total. The minimum Gasteiger partial charge on any atom is -0.328 e. The monoisotopic (exact) mass is 340 g/mol. The van der Waals surface area contributed by atoms with Crippen molar-refractivity contribution >= 4 is 22.4 Å². The van der Waals surface area contributed by atoms with Crippen LogP contribution in [0.15, 0.2) is 23.1 Å². The van der Waals surface area contributed by atoms with Gasteiger partial charge < -0.3 is 5.73 Å². The summed E-state index contributed by atoms with van der Waals surface area (Å²) in [5.41, 5.74) is 5.81. The van der Waals surface area contributed by atoms with E-state index in [0.717, 1.165) is 24.6 Å². The molecule has 1 fully saturated rings. The highest BCUT2D eigenvalue weighted by molar-refractivity contribution is 7.89. The average Bonchev–Trinajstić information content (AvgIpc) is 2.41. The van der Waals surface area contributed by atoms with Crippen molar-refractivity contribution in [3.05, 3.63) is 29.8 Å². The number of nitrogens with two attached hydrogens (primary N) is 1. The van der Waals surface area contributed by atoms with Crippen molar-refractivity contribution in [2.24, 2.45) is 11.7 Å². The van der Waals surface area contributed by atoms with Crippen molar-refractivity contribution in [1.82, 2.24) is 4.31 Å². The maximum absolute atomic E-state index is 13.7. The summed E-state index contributed by atoms with van der Waals surface area (Å²) in [5.74, 6) is -1.67. The van der Waals surface area contributed by atoms with Crippen LogP contribution >= 0.6 is 12.4 Å². The van der Waals surface area contributed by atoms with Crippen LogP contribution < -0.4 is 5.73 Å². The zero-order valence-electron chi connectivity index (χ0n) is 11.6. The Bertz CT molecular complexity index is 596. The summed E-state index contributed by atoms with van der Waals surface area (Å²) in [4.78, 5) is -0.608. The number of nitrogens with zero attached hydrogens (tertiary/aromatic N) is 1. The van der Waals surface area contributed by atoms with E-state index in [0.29, 0.717) is 13.0 Å². The van der Waals surface area contributed by atoms with Gasteiger partial charge in [-0.15, -0.1) is 12.4 Å². The third kappa shape index (κ3) is 3.91. The molecule has 8 heteroatoms. The van der Waals surface area contributed by atoms with Crippen molar-refractivity contribution in [3.8, 4) is 0 Å². The van der Waals surface area contributed by atoms with Gasteiger partial charge >= 0.3 is 0 Å². The van der Waals surface area contributed by atoms with Gasteiger partial charge in [0.05, 0.1) is 0 Å². The highest BCUT2D eigenvalue weighted by atomic mass is 35.5. The van der Waals surface area contributed by atoms with E-state index in [4.69, 9.17) is 5.73 Å². The van der Waals surface area contributed by atoms with E-state index in [1.54, 1.807) is 0 Å². The van der Waals surface area contributed by atoms with Gasteiger partial charge in [0.2, 0.25) is 10.0 Å². The molecule has 0 amide bonds. The van der Waals surface area contributed by atoms with Gasteiger partial charge in [-0.3, -0.25) is 0 Å². The Morgan fingerprint density at radius 2 is 2.05 bits per heavy atom. The zero-order valence-corrected chi connectivity index (χ0v) is 13.3.